The molecule has 0 spiro atoms. The first-order valence-corrected chi connectivity index (χ1v) is 13.3. The highest BCUT2D eigenvalue weighted by molar-refractivity contribution is 7.81. The standard InChI is InChI=1S/C19H25NS.C7H14O.CH4S/c20-18-11-10-17(13-18)15-6-8-16(9-7-15)19(21)12-14-4-2-1-3-5-14;1-2-3-4-5-6-7-8;1-2/h1-6,8,17-19,21H,7,9-13,20H2;7H,2-6H2,1H3;2H,1H3. The van der Waals surface area contributed by atoms with Gasteiger partial charge in [-0.1, -0.05) is 79.8 Å². The van der Waals surface area contributed by atoms with Crippen LogP contribution in [0.15, 0.2) is 53.6 Å². The van der Waals surface area contributed by atoms with Gasteiger partial charge < -0.3 is 10.5 Å². The van der Waals surface area contributed by atoms with Crippen molar-refractivity contribution in [3.8, 4) is 0 Å². The second kappa shape index (κ2) is 17.6. The third-order valence-corrected chi connectivity index (χ3v) is 6.60. The van der Waals surface area contributed by atoms with Crippen LogP contribution in [0.25, 0.3) is 0 Å². The van der Waals surface area contributed by atoms with Crippen molar-refractivity contribution in [2.24, 2.45) is 11.7 Å². The van der Waals surface area contributed by atoms with Crippen molar-refractivity contribution in [1.82, 2.24) is 0 Å². The SMILES string of the molecule is CCCCCCC=O.CS.NC1CCC(C2=CC=C(C(S)Cc3ccccc3)CC2)C1. The Hall–Kier alpha value is -0.970. The van der Waals surface area contributed by atoms with E-state index in [2.05, 4.69) is 62.0 Å². The molecule has 0 aliphatic heterocycles. The number of rotatable bonds is 9. The normalized spacial score (nSPS) is 20.9. The second-order valence-electron chi connectivity index (χ2n) is 8.47. The fraction of sp³-hybridized carbons (Fsp3) is 0.593. The summed E-state index contributed by atoms with van der Waals surface area (Å²) in [4.78, 5) is 9.77. The number of thiol groups is 2. The van der Waals surface area contributed by atoms with Gasteiger partial charge >= 0.3 is 0 Å². The van der Waals surface area contributed by atoms with Crippen LogP contribution in [0.2, 0.25) is 0 Å². The molecule has 31 heavy (non-hydrogen) atoms. The van der Waals surface area contributed by atoms with E-state index >= 15 is 0 Å². The van der Waals surface area contributed by atoms with Gasteiger partial charge in [0, 0.05) is 17.7 Å². The molecule has 0 saturated heterocycles. The van der Waals surface area contributed by atoms with E-state index < -0.39 is 0 Å². The molecule has 1 saturated carbocycles. The van der Waals surface area contributed by atoms with Gasteiger partial charge in [-0.2, -0.15) is 25.3 Å². The summed E-state index contributed by atoms with van der Waals surface area (Å²) in [6.07, 6.45) is 20.0. The molecule has 174 valence electrons. The Balaban J connectivity index is 0.000000409. The topological polar surface area (TPSA) is 43.1 Å². The van der Waals surface area contributed by atoms with Gasteiger partial charge in [-0.25, -0.2) is 0 Å². The maximum Gasteiger partial charge on any atom is 0.119 e. The number of nitrogens with two attached hydrogens (primary N) is 1. The molecule has 0 aromatic heterocycles. The van der Waals surface area contributed by atoms with E-state index in [4.69, 9.17) is 18.4 Å². The molecule has 1 aromatic carbocycles. The fourth-order valence-electron chi connectivity index (χ4n) is 4.26. The molecule has 0 radical (unpaired) electrons. The Labute approximate surface area is 202 Å². The van der Waals surface area contributed by atoms with E-state index in [1.807, 2.05) is 0 Å². The zero-order valence-corrected chi connectivity index (χ0v) is 21.3. The van der Waals surface area contributed by atoms with Crippen molar-refractivity contribution in [2.75, 3.05) is 6.26 Å². The van der Waals surface area contributed by atoms with Crippen LogP contribution in [-0.2, 0) is 11.2 Å². The van der Waals surface area contributed by atoms with Crippen LogP contribution >= 0.6 is 25.3 Å². The lowest BCUT2D eigenvalue weighted by molar-refractivity contribution is -0.107. The first-order chi connectivity index (χ1) is 15.1. The van der Waals surface area contributed by atoms with E-state index in [0.717, 1.165) is 31.5 Å². The summed E-state index contributed by atoms with van der Waals surface area (Å²) in [7, 11) is 0. The van der Waals surface area contributed by atoms with Crippen LogP contribution in [0.3, 0.4) is 0 Å². The van der Waals surface area contributed by atoms with Gasteiger partial charge in [-0.3, -0.25) is 0 Å². The Morgan fingerprint density at radius 2 is 1.81 bits per heavy atom. The molecule has 2 aliphatic carbocycles. The smallest absolute Gasteiger partial charge is 0.119 e. The molecule has 2 aliphatic rings. The average Bonchev–Trinajstić information content (AvgIpc) is 3.26. The molecule has 0 heterocycles. The number of hydrogen-bond acceptors (Lipinski definition) is 4. The van der Waals surface area contributed by atoms with Crippen molar-refractivity contribution < 1.29 is 4.79 Å². The first kappa shape index (κ1) is 28.1. The monoisotopic (exact) mass is 461 g/mol. The number of carbonyl (C=O) groups is 1. The van der Waals surface area contributed by atoms with Crippen molar-refractivity contribution in [1.29, 1.82) is 0 Å². The van der Waals surface area contributed by atoms with Crippen molar-refractivity contribution >= 4 is 31.5 Å². The van der Waals surface area contributed by atoms with Crippen LogP contribution in [-0.4, -0.2) is 23.8 Å². The predicted molar refractivity (Wildman–Crippen MR) is 143 cm³/mol. The molecule has 1 fully saturated rings. The average molecular weight is 462 g/mol. The molecule has 2 nitrogen and oxygen atoms in total. The largest absolute Gasteiger partial charge is 0.328 e. The summed E-state index contributed by atoms with van der Waals surface area (Å²) in [6.45, 7) is 2.17. The van der Waals surface area contributed by atoms with Gasteiger partial charge in [0.1, 0.15) is 6.29 Å². The summed E-state index contributed by atoms with van der Waals surface area (Å²) in [5.41, 5.74) is 10.5. The Morgan fingerprint density at radius 3 is 2.35 bits per heavy atom. The summed E-state index contributed by atoms with van der Waals surface area (Å²) in [5.74, 6) is 0.741. The van der Waals surface area contributed by atoms with Crippen molar-refractivity contribution in [2.45, 2.75) is 88.8 Å². The summed E-state index contributed by atoms with van der Waals surface area (Å²) in [5, 5.41) is 0.344. The second-order valence-corrected chi connectivity index (χ2v) is 9.10. The van der Waals surface area contributed by atoms with Crippen LogP contribution in [0.1, 0.15) is 76.7 Å². The van der Waals surface area contributed by atoms with E-state index in [0.29, 0.717) is 11.3 Å². The maximum absolute atomic E-state index is 9.77. The van der Waals surface area contributed by atoms with Crippen LogP contribution in [0.5, 0.6) is 0 Å². The van der Waals surface area contributed by atoms with Gasteiger partial charge in [-0.15, -0.1) is 0 Å². The molecular formula is C27H43NOS2. The van der Waals surface area contributed by atoms with Gasteiger partial charge in [0.15, 0.2) is 0 Å². The number of hydrogen-bond donors (Lipinski definition) is 3. The first-order valence-electron chi connectivity index (χ1n) is 11.9. The Bertz CT molecular complexity index is 656. The highest BCUT2D eigenvalue weighted by Gasteiger charge is 2.26. The number of unbranched alkanes of at least 4 members (excludes halogenated alkanes) is 4. The number of benzene rings is 1. The maximum atomic E-state index is 9.77. The third-order valence-electron chi connectivity index (χ3n) is 6.09. The predicted octanol–water partition coefficient (Wildman–Crippen LogP) is 7.00. The molecule has 3 rings (SSSR count). The van der Waals surface area contributed by atoms with E-state index in [1.165, 1.54) is 62.5 Å². The third kappa shape index (κ3) is 11.5. The lowest BCUT2D eigenvalue weighted by atomic mass is 9.86. The van der Waals surface area contributed by atoms with E-state index in [9.17, 15) is 4.79 Å². The molecule has 1 aromatic rings. The zero-order chi connectivity index (χ0) is 22.9. The molecular weight excluding hydrogens is 418 g/mol. The summed E-state index contributed by atoms with van der Waals surface area (Å²) >= 11 is 8.35. The van der Waals surface area contributed by atoms with Gasteiger partial charge in [-0.05, 0) is 62.7 Å². The Kier molecular flexibility index (Phi) is 15.9. The molecule has 0 amide bonds. The molecule has 2 N–H and O–H groups in total. The van der Waals surface area contributed by atoms with Gasteiger partial charge in [0.2, 0.25) is 0 Å². The van der Waals surface area contributed by atoms with E-state index in [1.54, 1.807) is 11.8 Å². The highest BCUT2D eigenvalue weighted by Crippen LogP contribution is 2.36. The molecule has 4 heteroatoms. The van der Waals surface area contributed by atoms with Gasteiger partial charge in [0.25, 0.3) is 0 Å². The number of allylic oxidation sites excluding steroid dienone is 3. The minimum atomic E-state index is 0.344. The minimum absolute atomic E-state index is 0.344. The summed E-state index contributed by atoms with van der Waals surface area (Å²) in [6, 6.07) is 11.1. The fourth-order valence-corrected chi connectivity index (χ4v) is 4.69. The van der Waals surface area contributed by atoms with Crippen molar-refractivity contribution in [3.05, 3.63) is 59.2 Å². The molecule has 3 atom stereocenters. The quantitative estimate of drug-likeness (QED) is 0.210. The molecule has 3 unspecified atom stereocenters. The number of aldehydes is 1. The summed E-state index contributed by atoms with van der Waals surface area (Å²) < 4.78 is 0. The Morgan fingerprint density at radius 1 is 1.06 bits per heavy atom. The minimum Gasteiger partial charge on any atom is -0.328 e. The van der Waals surface area contributed by atoms with Crippen LogP contribution in [0.4, 0.5) is 0 Å². The lowest BCUT2D eigenvalue weighted by Crippen LogP contribution is -2.16. The van der Waals surface area contributed by atoms with Crippen LogP contribution in [0, 0.1) is 5.92 Å². The van der Waals surface area contributed by atoms with Crippen LogP contribution < -0.4 is 5.73 Å². The van der Waals surface area contributed by atoms with Crippen molar-refractivity contribution in [3.63, 3.8) is 0 Å². The zero-order valence-electron chi connectivity index (χ0n) is 19.5. The highest BCUT2D eigenvalue weighted by atomic mass is 32.1. The number of carbonyl (C=O) groups excluding carboxylic acids is 1. The van der Waals surface area contributed by atoms with E-state index in [-0.39, 0.29) is 0 Å². The lowest BCUT2D eigenvalue weighted by Gasteiger charge is -2.22. The van der Waals surface area contributed by atoms with Gasteiger partial charge in [0.05, 0.1) is 0 Å². The molecule has 0 bridgehead atoms.